The second kappa shape index (κ2) is 5.94. The molecule has 0 N–H and O–H groups in total. The molecule has 4 rings (SSSR count). The Hall–Kier alpha value is -3.16. The molecule has 0 radical (unpaired) electrons. The number of rotatable bonds is 2. The molecule has 0 saturated heterocycles. The molecular weight excluding hydrogens is 344 g/mol. The summed E-state index contributed by atoms with van der Waals surface area (Å²) in [6, 6.07) is 7.98. The van der Waals surface area contributed by atoms with Crippen molar-refractivity contribution >= 4 is 22.8 Å². The van der Waals surface area contributed by atoms with Crippen LogP contribution in [0.5, 0.6) is 0 Å². The normalized spacial score (nSPS) is 16.6. The van der Waals surface area contributed by atoms with Crippen LogP contribution in [0.1, 0.15) is 31.0 Å². The second-order valence-corrected chi connectivity index (χ2v) is 7.06. The van der Waals surface area contributed by atoms with E-state index in [-0.39, 0.29) is 11.6 Å². The van der Waals surface area contributed by atoms with E-state index < -0.39 is 5.69 Å². The topological polar surface area (TPSA) is 77.4 Å². The third-order valence-corrected chi connectivity index (χ3v) is 5.36. The molecule has 0 amide bonds. The number of anilines is 1. The van der Waals surface area contributed by atoms with E-state index in [4.69, 9.17) is 5.10 Å². The van der Waals surface area contributed by atoms with Gasteiger partial charge in [-0.05, 0) is 31.9 Å². The molecule has 0 spiro atoms. The highest BCUT2D eigenvalue weighted by atomic mass is 16.2. The van der Waals surface area contributed by atoms with Crippen molar-refractivity contribution in [2.45, 2.75) is 33.4 Å². The van der Waals surface area contributed by atoms with Gasteiger partial charge in [0.05, 0.1) is 18.3 Å². The van der Waals surface area contributed by atoms with Crippen LogP contribution < -0.4 is 16.3 Å². The van der Waals surface area contributed by atoms with Crippen LogP contribution in [0.4, 0.5) is 5.95 Å². The van der Waals surface area contributed by atoms with Gasteiger partial charge in [0.1, 0.15) is 0 Å². The Kier molecular flexibility index (Phi) is 3.80. The molecule has 1 unspecified atom stereocenters. The second-order valence-electron chi connectivity index (χ2n) is 7.06. The summed E-state index contributed by atoms with van der Waals surface area (Å²) in [4.78, 5) is 29.8. The number of nitrogens with zero attached hydrogens (tertiary/aromatic N) is 6. The average Bonchev–Trinajstić information content (AvgIpc) is 3.05. The first-order valence-corrected chi connectivity index (χ1v) is 8.86. The predicted molar refractivity (Wildman–Crippen MR) is 105 cm³/mol. The van der Waals surface area contributed by atoms with Crippen LogP contribution in [0, 0.1) is 6.92 Å². The van der Waals surface area contributed by atoms with E-state index in [0.29, 0.717) is 23.7 Å². The summed E-state index contributed by atoms with van der Waals surface area (Å²) in [5, 5.41) is 6.52. The molecule has 2 aromatic heterocycles. The summed E-state index contributed by atoms with van der Waals surface area (Å²) >= 11 is 0. The molecule has 3 aromatic rings. The quantitative estimate of drug-likeness (QED) is 0.692. The Bertz CT molecular complexity index is 1210. The first-order chi connectivity index (χ1) is 12.8. The predicted octanol–water partition coefficient (Wildman–Crippen LogP) is 1.70. The number of aryl methyl sites for hydroxylation is 2. The van der Waals surface area contributed by atoms with Gasteiger partial charge in [-0.25, -0.2) is 9.80 Å². The Morgan fingerprint density at radius 2 is 1.78 bits per heavy atom. The third kappa shape index (κ3) is 2.43. The van der Waals surface area contributed by atoms with Gasteiger partial charge in [0.25, 0.3) is 5.56 Å². The van der Waals surface area contributed by atoms with Crippen LogP contribution in [0.3, 0.4) is 0 Å². The molecule has 0 fully saturated rings. The maximum atomic E-state index is 12.8. The lowest BCUT2D eigenvalue weighted by molar-refractivity contribution is 0.633. The van der Waals surface area contributed by atoms with E-state index in [1.807, 2.05) is 35.6 Å². The average molecular weight is 366 g/mol. The Balaban J connectivity index is 1.98. The fourth-order valence-corrected chi connectivity index (χ4v) is 3.51. The number of hydrazone groups is 1. The smallest absolute Gasteiger partial charge is 0.294 e. The van der Waals surface area contributed by atoms with Gasteiger partial charge in [0.15, 0.2) is 11.2 Å². The largest absolute Gasteiger partial charge is 0.332 e. The minimum Gasteiger partial charge on any atom is -0.294 e. The summed E-state index contributed by atoms with van der Waals surface area (Å²) in [6.45, 7) is 6.52. The molecule has 8 heteroatoms. The van der Waals surface area contributed by atoms with E-state index >= 15 is 0 Å². The van der Waals surface area contributed by atoms with Crippen molar-refractivity contribution in [3.8, 4) is 0 Å². The van der Waals surface area contributed by atoms with Crippen molar-refractivity contribution in [2.75, 3.05) is 5.01 Å². The van der Waals surface area contributed by atoms with Gasteiger partial charge in [-0.2, -0.15) is 10.1 Å². The molecule has 1 aromatic carbocycles. The Morgan fingerprint density at radius 3 is 2.48 bits per heavy atom. The molecule has 8 nitrogen and oxygen atoms in total. The molecule has 27 heavy (non-hydrogen) atoms. The van der Waals surface area contributed by atoms with Crippen LogP contribution in [0.15, 0.2) is 39.0 Å². The van der Waals surface area contributed by atoms with Crippen LogP contribution in [0.2, 0.25) is 0 Å². The maximum absolute atomic E-state index is 12.8. The van der Waals surface area contributed by atoms with Crippen molar-refractivity contribution in [1.82, 2.24) is 18.7 Å². The van der Waals surface area contributed by atoms with Crippen LogP contribution in [0.25, 0.3) is 11.2 Å². The summed E-state index contributed by atoms with van der Waals surface area (Å²) in [7, 11) is 3.12. The van der Waals surface area contributed by atoms with Gasteiger partial charge in [0, 0.05) is 14.1 Å². The lowest BCUT2D eigenvalue weighted by Crippen LogP contribution is -2.38. The van der Waals surface area contributed by atoms with Crippen molar-refractivity contribution in [2.24, 2.45) is 19.2 Å². The summed E-state index contributed by atoms with van der Waals surface area (Å²) in [6.07, 6.45) is 0. The summed E-state index contributed by atoms with van der Waals surface area (Å²) in [5.74, 6) is 0.574. The Labute approximate surface area is 156 Å². The molecule has 140 valence electrons. The van der Waals surface area contributed by atoms with Crippen molar-refractivity contribution in [3.63, 3.8) is 0 Å². The molecule has 1 aliphatic rings. The molecular formula is C19H22N6O2. The van der Waals surface area contributed by atoms with E-state index in [1.165, 1.54) is 11.6 Å². The van der Waals surface area contributed by atoms with Gasteiger partial charge < -0.3 is 0 Å². The minimum absolute atomic E-state index is 0.122. The molecule has 1 aliphatic heterocycles. The molecule has 1 atom stereocenters. The zero-order chi connectivity index (χ0) is 19.5. The SMILES string of the molecule is CC1=NN(Cc2ccccc2C)c2nc3c(c(=O)n(C)c(=O)n3C)n2C1C. The summed E-state index contributed by atoms with van der Waals surface area (Å²) < 4.78 is 4.42. The van der Waals surface area contributed by atoms with Gasteiger partial charge >= 0.3 is 5.69 Å². The lowest BCUT2D eigenvalue weighted by atomic mass is 10.1. The van der Waals surface area contributed by atoms with Crippen LogP contribution in [-0.4, -0.2) is 24.4 Å². The van der Waals surface area contributed by atoms with Crippen molar-refractivity contribution in [1.29, 1.82) is 0 Å². The fourth-order valence-electron chi connectivity index (χ4n) is 3.51. The molecule has 0 aliphatic carbocycles. The Morgan fingerprint density at radius 1 is 1.07 bits per heavy atom. The van der Waals surface area contributed by atoms with E-state index in [0.717, 1.165) is 21.4 Å². The first-order valence-electron chi connectivity index (χ1n) is 8.86. The number of fused-ring (bicyclic) bond motifs is 3. The van der Waals surface area contributed by atoms with Gasteiger partial charge in [-0.1, -0.05) is 24.3 Å². The highest BCUT2D eigenvalue weighted by Gasteiger charge is 2.30. The van der Waals surface area contributed by atoms with Crippen LogP contribution in [-0.2, 0) is 20.6 Å². The molecule has 0 saturated carbocycles. The standard InChI is InChI=1S/C19H22N6O2/c1-11-8-6-7-9-14(11)10-24-18-20-16-15(25(18)13(3)12(2)21-24)17(26)23(5)19(27)22(16)4/h6-9,13H,10H2,1-5H3. The number of imidazole rings is 1. The number of hydrogen-bond donors (Lipinski definition) is 0. The van der Waals surface area contributed by atoms with Crippen molar-refractivity contribution in [3.05, 3.63) is 56.2 Å². The van der Waals surface area contributed by atoms with Gasteiger partial charge in [-0.15, -0.1) is 0 Å². The third-order valence-electron chi connectivity index (χ3n) is 5.36. The van der Waals surface area contributed by atoms with E-state index in [2.05, 4.69) is 24.0 Å². The van der Waals surface area contributed by atoms with Crippen molar-refractivity contribution < 1.29 is 0 Å². The lowest BCUT2D eigenvalue weighted by Gasteiger charge is -2.29. The number of hydrogen-bond acceptors (Lipinski definition) is 5. The molecule has 0 bridgehead atoms. The number of benzene rings is 1. The first kappa shape index (κ1) is 17.3. The van der Waals surface area contributed by atoms with Crippen LogP contribution >= 0.6 is 0 Å². The summed E-state index contributed by atoms with van der Waals surface area (Å²) in [5.41, 5.74) is 3.24. The fraction of sp³-hybridized carbons (Fsp3) is 0.368. The van der Waals surface area contributed by atoms with Gasteiger partial charge in [-0.3, -0.25) is 18.5 Å². The zero-order valence-corrected chi connectivity index (χ0v) is 16.1. The van der Waals surface area contributed by atoms with E-state index in [9.17, 15) is 9.59 Å². The molecule has 3 heterocycles. The van der Waals surface area contributed by atoms with E-state index in [1.54, 1.807) is 7.05 Å². The zero-order valence-electron chi connectivity index (χ0n) is 16.1. The minimum atomic E-state index is -0.390. The highest BCUT2D eigenvalue weighted by Crippen LogP contribution is 2.31. The maximum Gasteiger partial charge on any atom is 0.332 e. The monoisotopic (exact) mass is 366 g/mol. The highest BCUT2D eigenvalue weighted by molar-refractivity contribution is 5.91. The number of aromatic nitrogens is 4. The van der Waals surface area contributed by atoms with Gasteiger partial charge in [0.2, 0.25) is 5.95 Å².